The minimum Gasteiger partial charge on any atom is -0.310 e. The molecule has 3 aromatic heterocycles. The summed E-state index contributed by atoms with van der Waals surface area (Å²) in [6, 6.07) is 55.4. The Morgan fingerprint density at radius 1 is 0.383 bits per heavy atom. The highest BCUT2D eigenvalue weighted by atomic mass is 15.1. The molecule has 0 aliphatic heterocycles. The van der Waals surface area contributed by atoms with Gasteiger partial charge in [-0.1, -0.05) is 91.0 Å². The molecule has 0 saturated heterocycles. The van der Waals surface area contributed by atoms with Crippen molar-refractivity contribution in [2.24, 2.45) is 0 Å². The van der Waals surface area contributed by atoms with Gasteiger partial charge < -0.3 is 4.90 Å². The summed E-state index contributed by atoms with van der Waals surface area (Å²) in [6.45, 7) is 0. The summed E-state index contributed by atoms with van der Waals surface area (Å²) in [6.07, 6.45) is 3.60. The van der Waals surface area contributed by atoms with E-state index in [2.05, 4.69) is 136 Å². The Kier molecular flexibility index (Phi) is 6.43. The van der Waals surface area contributed by atoms with Gasteiger partial charge in [-0.15, -0.1) is 0 Å². The second kappa shape index (κ2) is 11.2. The number of hydrogen-bond acceptors (Lipinski definition) is 4. The summed E-state index contributed by atoms with van der Waals surface area (Å²) in [4.78, 5) is 16.5. The van der Waals surface area contributed by atoms with E-state index in [1.165, 1.54) is 33.0 Å². The van der Waals surface area contributed by atoms with E-state index >= 15 is 0 Å². The Labute approximate surface area is 273 Å². The van der Waals surface area contributed by atoms with Gasteiger partial charge in [0, 0.05) is 29.2 Å². The molecule has 0 saturated carbocycles. The molecule has 5 aromatic carbocycles. The molecule has 3 heterocycles. The lowest BCUT2D eigenvalue weighted by Gasteiger charge is -2.27. The van der Waals surface area contributed by atoms with Gasteiger partial charge in [0.2, 0.25) is 0 Å². The van der Waals surface area contributed by atoms with E-state index < -0.39 is 0 Å². The number of benzene rings is 5. The average molecular weight is 601 g/mol. The first-order chi connectivity index (χ1) is 23.3. The molecular formula is C43H28N4. The second-order valence-electron chi connectivity index (χ2n) is 11.7. The van der Waals surface area contributed by atoms with Gasteiger partial charge in [0.25, 0.3) is 0 Å². The smallest absolute Gasteiger partial charge is 0.0900 e. The van der Waals surface area contributed by atoms with Crippen LogP contribution in [-0.4, -0.2) is 15.0 Å². The monoisotopic (exact) mass is 600 g/mol. The van der Waals surface area contributed by atoms with E-state index in [1.807, 2.05) is 36.4 Å². The Morgan fingerprint density at radius 2 is 0.957 bits per heavy atom. The van der Waals surface area contributed by atoms with Crippen molar-refractivity contribution in [3.05, 3.63) is 170 Å². The lowest BCUT2D eigenvalue weighted by molar-refractivity contribution is 1.22. The summed E-state index contributed by atoms with van der Waals surface area (Å²) >= 11 is 0. The van der Waals surface area contributed by atoms with Crippen molar-refractivity contribution in [1.82, 2.24) is 15.0 Å². The molecule has 0 N–H and O–H groups in total. The fourth-order valence-corrected chi connectivity index (χ4v) is 6.78. The maximum Gasteiger partial charge on any atom is 0.0900 e. The largest absolute Gasteiger partial charge is 0.310 e. The lowest BCUT2D eigenvalue weighted by atomic mass is 9.99. The summed E-state index contributed by atoms with van der Waals surface area (Å²) in [5.74, 6) is 0. The van der Waals surface area contributed by atoms with Crippen LogP contribution in [0.4, 0.5) is 17.1 Å². The second-order valence-corrected chi connectivity index (χ2v) is 11.7. The standard InChI is InChI=1S/C43H28N4/c1-2-11-31(12-3-1)47(42-24-23-36-34-14-5-4-13-33(34)35-15-10-16-37(42)43(35)36)32-21-19-29(20-22-32)30-27-40(38-17-6-8-25-44-38)46-41(28-30)39-18-7-9-26-45-39/h1-28H. The van der Waals surface area contributed by atoms with Gasteiger partial charge in [0.15, 0.2) is 0 Å². The summed E-state index contributed by atoms with van der Waals surface area (Å²) in [5, 5.41) is 2.54. The molecule has 0 amide bonds. The number of pyridine rings is 3. The molecule has 1 aliphatic rings. The van der Waals surface area contributed by atoms with Gasteiger partial charge in [-0.25, -0.2) is 4.98 Å². The molecule has 4 heteroatoms. The summed E-state index contributed by atoms with van der Waals surface area (Å²) in [5.41, 5.74) is 14.0. The van der Waals surface area contributed by atoms with Crippen molar-refractivity contribution in [3.8, 4) is 56.2 Å². The van der Waals surface area contributed by atoms with Gasteiger partial charge in [-0.2, -0.15) is 0 Å². The number of para-hydroxylation sites is 1. The number of aromatic nitrogens is 3. The maximum atomic E-state index is 4.95. The first-order valence-corrected chi connectivity index (χ1v) is 15.8. The summed E-state index contributed by atoms with van der Waals surface area (Å²) < 4.78 is 0. The Hall–Kier alpha value is -6.39. The third-order valence-electron chi connectivity index (χ3n) is 8.92. The van der Waals surface area contributed by atoms with Crippen LogP contribution in [0.25, 0.3) is 66.9 Å². The van der Waals surface area contributed by atoms with E-state index in [0.29, 0.717) is 0 Å². The highest BCUT2D eigenvalue weighted by molar-refractivity contribution is 6.19. The zero-order valence-corrected chi connectivity index (χ0v) is 25.5. The van der Waals surface area contributed by atoms with Crippen LogP contribution in [0.1, 0.15) is 0 Å². The van der Waals surface area contributed by atoms with Gasteiger partial charge in [-0.05, 0) is 105 Å². The van der Waals surface area contributed by atoms with Crippen LogP contribution in [0.5, 0.6) is 0 Å². The van der Waals surface area contributed by atoms with Crippen molar-refractivity contribution in [3.63, 3.8) is 0 Å². The molecule has 0 radical (unpaired) electrons. The molecule has 4 nitrogen and oxygen atoms in total. The van der Waals surface area contributed by atoms with Gasteiger partial charge >= 0.3 is 0 Å². The SMILES string of the molecule is c1ccc(N(c2ccc(-c3cc(-c4ccccn4)nc(-c4ccccn4)c3)cc2)c2ccc3c4c(cccc24)-c2ccccc2-3)cc1. The highest BCUT2D eigenvalue weighted by Crippen LogP contribution is 2.51. The normalized spacial score (nSPS) is 11.4. The van der Waals surface area contributed by atoms with Crippen LogP contribution in [0.15, 0.2) is 170 Å². The van der Waals surface area contributed by atoms with Crippen LogP contribution in [0.2, 0.25) is 0 Å². The topological polar surface area (TPSA) is 41.9 Å². The van der Waals surface area contributed by atoms with E-state index in [1.54, 1.807) is 12.4 Å². The zero-order chi connectivity index (χ0) is 31.2. The molecule has 1 aliphatic carbocycles. The van der Waals surface area contributed by atoms with Crippen LogP contribution in [0, 0.1) is 0 Å². The van der Waals surface area contributed by atoms with Crippen LogP contribution in [0.3, 0.4) is 0 Å². The molecule has 0 bridgehead atoms. The fourth-order valence-electron chi connectivity index (χ4n) is 6.78. The lowest BCUT2D eigenvalue weighted by Crippen LogP contribution is -2.10. The predicted octanol–water partition coefficient (Wildman–Crippen LogP) is 11.1. The number of nitrogens with zero attached hydrogens (tertiary/aromatic N) is 4. The first kappa shape index (κ1) is 27.0. The first-order valence-electron chi connectivity index (χ1n) is 15.8. The number of hydrogen-bond donors (Lipinski definition) is 0. The number of anilines is 3. The number of rotatable bonds is 6. The molecule has 0 atom stereocenters. The number of fused-ring (bicyclic) bond motifs is 3. The van der Waals surface area contributed by atoms with E-state index in [4.69, 9.17) is 4.98 Å². The molecule has 220 valence electrons. The van der Waals surface area contributed by atoms with Crippen LogP contribution >= 0.6 is 0 Å². The van der Waals surface area contributed by atoms with E-state index in [-0.39, 0.29) is 0 Å². The van der Waals surface area contributed by atoms with Crippen molar-refractivity contribution in [2.75, 3.05) is 4.90 Å². The average Bonchev–Trinajstić information content (AvgIpc) is 3.49. The van der Waals surface area contributed by atoms with E-state index in [9.17, 15) is 0 Å². The molecule has 0 fully saturated rings. The Morgan fingerprint density at radius 3 is 1.60 bits per heavy atom. The fraction of sp³-hybridized carbons (Fsp3) is 0. The van der Waals surface area contributed by atoms with Crippen molar-refractivity contribution < 1.29 is 0 Å². The highest BCUT2D eigenvalue weighted by Gasteiger charge is 2.24. The van der Waals surface area contributed by atoms with Crippen molar-refractivity contribution in [1.29, 1.82) is 0 Å². The predicted molar refractivity (Wildman–Crippen MR) is 193 cm³/mol. The molecule has 9 rings (SSSR count). The zero-order valence-electron chi connectivity index (χ0n) is 25.5. The van der Waals surface area contributed by atoms with Crippen molar-refractivity contribution in [2.45, 2.75) is 0 Å². The molecular weight excluding hydrogens is 573 g/mol. The van der Waals surface area contributed by atoms with E-state index in [0.717, 1.165) is 51.0 Å². The van der Waals surface area contributed by atoms with Gasteiger partial charge in [0.05, 0.1) is 28.5 Å². The summed E-state index contributed by atoms with van der Waals surface area (Å²) in [7, 11) is 0. The third-order valence-corrected chi connectivity index (χ3v) is 8.92. The Bertz CT molecular complexity index is 2300. The molecule has 0 spiro atoms. The van der Waals surface area contributed by atoms with Gasteiger partial charge in [0.1, 0.15) is 0 Å². The van der Waals surface area contributed by atoms with Crippen molar-refractivity contribution >= 4 is 27.8 Å². The molecule has 47 heavy (non-hydrogen) atoms. The quantitative estimate of drug-likeness (QED) is 0.190. The van der Waals surface area contributed by atoms with Crippen LogP contribution in [-0.2, 0) is 0 Å². The van der Waals surface area contributed by atoms with Crippen LogP contribution < -0.4 is 4.90 Å². The molecule has 0 unspecified atom stereocenters. The van der Waals surface area contributed by atoms with Gasteiger partial charge in [-0.3, -0.25) is 9.97 Å². The maximum absolute atomic E-state index is 4.95. The molecule has 8 aromatic rings. The minimum atomic E-state index is 0.813. The third kappa shape index (κ3) is 4.66. The Balaban J connectivity index is 1.18. The minimum absolute atomic E-state index is 0.813.